The Kier molecular flexibility index (Phi) is 3.50. The average Bonchev–Trinajstić information content (AvgIpc) is 3.07. The fourth-order valence-electron chi connectivity index (χ4n) is 2.68. The molecule has 4 aromatic rings. The maximum atomic E-state index is 13.1. The fourth-order valence-corrected chi connectivity index (χ4v) is 2.68. The molecular formula is C19H12FN3O2. The predicted octanol–water partition coefficient (Wildman–Crippen LogP) is 3.90. The lowest BCUT2D eigenvalue weighted by Crippen LogP contribution is -2.03. The van der Waals surface area contributed by atoms with Gasteiger partial charge in [-0.25, -0.2) is 18.7 Å². The van der Waals surface area contributed by atoms with Gasteiger partial charge in [0.25, 0.3) is 0 Å². The van der Waals surface area contributed by atoms with Gasteiger partial charge < -0.3 is 5.11 Å². The first kappa shape index (κ1) is 15.0. The minimum atomic E-state index is -1.08. The quantitative estimate of drug-likeness (QED) is 0.617. The van der Waals surface area contributed by atoms with Gasteiger partial charge >= 0.3 is 5.97 Å². The molecule has 0 aliphatic rings. The van der Waals surface area contributed by atoms with Crippen molar-refractivity contribution in [2.45, 2.75) is 0 Å². The van der Waals surface area contributed by atoms with Gasteiger partial charge in [-0.2, -0.15) is 0 Å². The number of nitrogens with zero attached hydrogens (tertiary/aromatic N) is 3. The minimum Gasteiger partial charge on any atom is -0.478 e. The van der Waals surface area contributed by atoms with Gasteiger partial charge in [-0.05, 0) is 36.4 Å². The molecule has 0 unspecified atom stereocenters. The number of pyridine rings is 1. The van der Waals surface area contributed by atoms with Gasteiger partial charge in [-0.1, -0.05) is 30.3 Å². The number of carboxylic acid groups (broad SMARTS) is 1. The summed E-state index contributed by atoms with van der Waals surface area (Å²) in [7, 11) is 0. The molecule has 0 spiro atoms. The number of hydrogen-bond donors (Lipinski definition) is 1. The number of aromatic nitrogens is 3. The van der Waals surface area contributed by atoms with E-state index in [0.717, 1.165) is 11.3 Å². The summed E-state index contributed by atoms with van der Waals surface area (Å²) in [4.78, 5) is 15.9. The van der Waals surface area contributed by atoms with Crippen LogP contribution in [0, 0.1) is 5.82 Å². The van der Waals surface area contributed by atoms with E-state index in [-0.39, 0.29) is 17.0 Å². The van der Waals surface area contributed by atoms with Gasteiger partial charge in [-0.15, -0.1) is 5.10 Å². The number of aromatic carboxylic acids is 1. The van der Waals surface area contributed by atoms with Crippen LogP contribution in [0.5, 0.6) is 0 Å². The average molecular weight is 333 g/mol. The molecule has 6 heteroatoms. The molecule has 0 bridgehead atoms. The first-order valence-corrected chi connectivity index (χ1v) is 7.58. The van der Waals surface area contributed by atoms with Crippen LogP contribution in [0.25, 0.3) is 28.3 Å². The van der Waals surface area contributed by atoms with E-state index in [4.69, 9.17) is 0 Å². The summed E-state index contributed by atoms with van der Waals surface area (Å²) < 4.78 is 14.6. The molecule has 0 aliphatic heterocycles. The van der Waals surface area contributed by atoms with Gasteiger partial charge in [0.1, 0.15) is 11.4 Å². The highest BCUT2D eigenvalue weighted by atomic mass is 19.1. The molecule has 2 heterocycles. The predicted molar refractivity (Wildman–Crippen MR) is 90.8 cm³/mol. The number of hydrogen-bond acceptors (Lipinski definition) is 3. The molecule has 0 fully saturated rings. The lowest BCUT2D eigenvalue weighted by Gasteiger charge is -2.05. The van der Waals surface area contributed by atoms with E-state index in [0.29, 0.717) is 11.4 Å². The molecule has 2 aromatic carbocycles. The molecule has 1 N–H and O–H groups in total. The Morgan fingerprint density at radius 3 is 2.32 bits per heavy atom. The second-order valence-electron chi connectivity index (χ2n) is 5.48. The summed E-state index contributed by atoms with van der Waals surface area (Å²) in [5.41, 5.74) is 2.52. The zero-order valence-electron chi connectivity index (χ0n) is 12.9. The fraction of sp³-hybridized carbons (Fsp3) is 0. The topological polar surface area (TPSA) is 67.5 Å². The molecule has 0 saturated carbocycles. The van der Waals surface area contributed by atoms with Crippen LogP contribution in [-0.2, 0) is 0 Å². The third-order valence-corrected chi connectivity index (χ3v) is 3.89. The van der Waals surface area contributed by atoms with Gasteiger partial charge in [0.2, 0.25) is 0 Å². The Hall–Kier alpha value is -3.54. The van der Waals surface area contributed by atoms with Crippen LogP contribution >= 0.6 is 0 Å². The van der Waals surface area contributed by atoms with Crippen LogP contribution in [-0.4, -0.2) is 25.7 Å². The van der Waals surface area contributed by atoms with Crippen molar-refractivity contribution in [3.05, 3.63) is 78.1 Å². The second kappa shape index (κ2) is 5.83. The van der Waals surface area contributed by atoms with E-state index in [1.807, 2.05) is 30.3 Å². The Labute approximate surface area is 142 Å². The van der Waals surface area contributed by atoms with Crippen molar-refractivity contribution >= 4 is 11.6 Å². The van der Waals surface area contributed by atoms with E-state index in [1.165, 1.54) is 22.7 Å². The Morgan fingerprint density at radius 2 is 1.64 bits per heavy atom. The molecule has 5 nitrogen and oxygen atoms in total. The minimum absolute atomic E-state index is 0.0561. The second-order valence-corrected chi connectivity index (χ2v) is 5.48. The summed E-state index contributed by atoms with van der Waals surface area (Å²) in [5, 5.41) is 13.9. The Balaban J connectivity index is 1.98. The first-order valence-electron chi connectivity index (χ1n) is 7.58. The highest BCUT2D eigenvalue weighted by Crippen LogP contribution is 2.25. The van der Waals surface area contributed by atoms with Crippen molar-refractivity contribution in [3.8, 4) is 22.6 Å². The van der Waals surface area contributed by atoms with Crippen LogP contribution in [0.2, 0.25) is 0 Å². The van der Waals surface area contributed by atoms with Crippen molar-refractivity contribution in [3.63, 3.8) is 0 Å². The van der Waals surface area contributed by atoms with Crippen LogP contribution in [0.1, 0.15) is 10.4 Å². The summed E-state index contributed by atoms with van der Waals surface area (Å²) in [6.07, 6.45) is 0. The number of rotatable bonds is 3. The molecule has 4 rings (SSSR count). The van der Waals surface area contributed by atoms with E-state index >= 15 is 0 Å². The lowest BCUT2D eigenvalue weighted by molar-refractivity contribution is 0.0698. The molecule has 0 aliphatic carbocycles. The smallest absolute Gasteiger partial charge is 0.339 e. The van der Waals surface area contributed by atoms with E-state index in [2.05, 4.69) is 10.1 Å². The molecule has 0 saturated heterocycles. The zero-order chi connectivity index (χ0) is 17.4. The van der Waals surface area contributed by atoms with Gasteiger partial charge in [0.05, 0.1) is 5.69 Å². The molecule has 0 atom stereocenters. The first-order chi connectivity index (χ1) is 12.1. The normalized spacial score (nSPS) is 10.9. The molecule has 25 heavy (non-hydrogen) atoms. The molecule has 122 valence electrons. The van der Waals surface area contributed by atoms with Crippen LogP contribution in [0.3, 0.4) is 0 Å². The highest BCUT2D eigenvalue weighted by Gasteiger charge is 2.17. The highest BCUT2D eigenvalue weighted by molar-refractivity contribution is 5.95. The lowest BCUT2D eigenvalue weighted by atomic mass is 10.1. The monoisotopic (exact) mass is 333 g/mol. The number of carbonyl (C=O) groups is 1. The zero-order valence-corrected chi connectivity index (χ0v) is 12.9. The maximum Gasteiger partial charge on any atom is 0.339 e. The van der Waals surface area contributed by atoms with Crippen molar-refractivity contribution in [1.82, 2.24) is 14.6 Å². The van der Waals surface area contributed by atoms with Gasteiger partial charge in [-0.3, -0.25) is 0 Å². The van der Waals surface area contributed by atoms with Crippen molar-refractivity contribution in [1.29, 1.82) is 0 Å². The number of benzene rings is 2. The summed E-state index contributed by atoms with van der Waals surface area (Å²) in [6.45, 7) is 0. The van der Waals surface area contributed by atoms with Gasteiger partial charge in [0.15, 0.2) is 11.5 Å². The van der Waals surface area contributed by atoms with Crippen molar-refractivity contribution in [2.75, 3.05) is 0 Å². The van der Waals surface area contributed by atoms with E-state index in [9.17, 15) is 14.3 Å². The standard InChI is InChI=1S/C19H12FN3O2/c20-14-8-6-13(7-9-14)17-21-18-15(19(24)25)10-11-16(23(18)22-17)12-4-2-1-3-5-12/h1-11H,(H,24,25). The number of halogens is 1. The summed E-state index contributed by atoms with van der Waals surface area (Å²) >= 11 is 0. The molecule has 2 aromatic heterocycles. The van der Waals surface area contributed by atoms with E-state index < -0.39 is 5.97 Å². The maximum absolute atomic E-state index is 13.1. The van der Waals surface area contributed by atoms with E-state index in [1.54, 1.807) is 18.2 Å². The summed E-state index contributed by atoms with van der Waals surface area (Å²) in [6, 6.07) is 18.5. The largest absolute Gasteiger partial charge is 0.478 e. The molecule has 0 amide bonds. The Morgan fingerprint density at radius 1 is 0.920 bits per heavy atom. The molecule has 0 radical (unpaired) electrons. The van der Waals surface area contributed by atoms with Crippen molar-refractivity contribution in [2.24, 2.45) is 0 Å². The summed E-state index contributed by atoms with van der Waals surface area (Å²) in [5.74, 6) is -1.10. The van der Waals surface area contributed by atoms with Crippen molar-refractivity contribution < 1.29 is 14.3 Å². The SMILES string of the molecule is O=C(O)c1ccc(-c2ccccc2)n2nc(-c3ccc(F)cc3)nc12. The third kappa shape index (κ3) is 2.63. The third-order valence-electron chi connectivity index (χ3n) is 3.89. The Bertz CT molecular complexity index is 1070. The van der Waals surface area contributed by atoms with Crippen LogP contribution in [0.15, 0.2) is 66.7 Å². The number of carboxylic acids is 1. The van der Waals surface area contributed by atoms with Crippen LogP contribution < -0.4 is 0 Å². The van der Waals surface area contributed by atoms with Gasteiger partial charge in [0, 0.05) is 11.1 Å². The number of fused-ring (bicyclic) bond motifs is 1. The van der Waals surface area contributed by atoms with Crippen LogP contribution in [0.4, 0.5) is 4.39 Å². The molecular weight excluding hydrogens is 321 g/mol.